The number of aromatic nitrogens is 1. The highest BCUT2D eigenvalue weighted by Crippen LogP contribution is 2.38. The zero-order valence-electron chi connectivity index (χ0n) is 18.8. The first-order valence-corrected chi connectivity index (χ1v) is 12.1. The van der Waals surface area contributed by atoms with Crippen LogP contribution in [0.25, 0.3) is 10.2 Å². The number of carbonyl (C=O) groups is 1. The molecule has 0 radical (unpaired) electrons. The molecule has 0 spiro atoms. The van der Waals surface area contributed by atoms with Crippen molar-refractivity contribution in [1.29, 1.82) is 0 Å². The Morgan fingerprint density at radius 1 is 1.09 bits per heavy atom. The highest BCUT2D eigenvalue weighted by molar-refractivity contribution is 7.23. The van der Waals surface area contributed by atoms with E-state index in [0.717, 1.165) is 35.4 Å². The highest BCUT2D eigenvalue weighted by atomic mass is 35.5. The van der Waals surface area contributed by atoms with E-state index in [1.165, 1.54) is 11.3 Å². The summed E-state index contributed by atoms with van der Waals surface area (Å²) in [6, 6.07) is 11.3. The molecular formula is C24H28ClN3O3S. The number of hydrogen-bond donors (Lipinski definition) is 0. The van der Waals surface area contributed by atoms with Crippen molar-refractivity contribution in [2.24, 2.45) is 0 Å². The molecule has 1 aliphatic rings. The van der Waals surface area contributed by atoms with Gasteiger partial charge in [0.05, 0.1) is 15.2 Å². The average Bonchev–Trinajstić information content (AvgIpc) is 3.25. The Labute approximate surface area is 197 Å². The topological polar surface area (TPSA) is 54.9 Å². The molecule has 2 atom stereocenters. The molecular weight excluding hydrogens is 446 g/mol. The predicted octanol–water partition coefficient (Wildman–Crippen LogP) is 5.16. The Bertz CT molecular complexity index is 1080. The summed E-state index contributed by atoms with van der Waals surface area (Å²) in [4.78, 5) is 22.6. The molecule has 2 unspecified atom stereocenters. The third kappa shape index (κ3) is 4.42. The zero-order valence-corrected chi connectivity index (χ0v) is 20.4. The van der Waals surface area contributed by atoms with Crippen molar-refractivity contribution in [1.82, 2.24) is 9.88 Å². The molecule has 1 aliphatic heterocycles. The molecule has 32 heavy (non-hydrogen) atoms. The number of fused-ring (bicyclic) bond motifs is 2. The molecule has 6 nitrogen and oxygen atoms in total. The SMILES string of the molecule is CCN(CC)CCN(C(=O)C1Oc2ccccc2OC1C)c1nc2c(C)ccc(Cl)c2s1. The highest BCUT2D eigenvalue weighted by Gasteiger charge is 2.38. The second-order valence-electron chi connectivity index (χ2n) is 7.86. The van der Waals surface area contributed by atoms with E-state index in [2.05, 4.69) is 18.7 Å². The van der Waals surface area contributed by atoms with Gasteiger partial charge in [0.25, 0.3) is 5.91 Å². The maximum absolute atomic E-state index is 13.8. The van der Waals surface area contributed by atoms with Crippen molar-refractivity contribution in [3.63, 3.8) is 0 Å². The van der Waals surface area contributed by atoms with Crippen LogP contribution in [-0.2, 0) is 4.79 Å². The van der Waals surface area contributed by atoms with Crippen molar-refractivity contribution >= 4 is 44.2 Å². The fraction of sp³-hybridized carbons (Fsp3) is 0.417. The van der Waals surface area contributed by atoms with Crippen molar-refractivity contribution in [2.45, 2.75) is 39.9 Å². The normalized spacial score (nSPS) is 17.7. The molecule has 0 fully saturated rings. The van der Waals surface area contributed by atoms with Crippen LogP contribution in [0.15, 0.2) is 36.4 Å². The lowest BCUT2D eigenvalue weighted by Crippen LogP contribution is -2.52. The minimum absolute atomic E-state index is 0.160. The number of amides is 1. The number of carbonyl (C=O) groups excluding carboxylic acids is 1. The van der Waals surface area contributed by atoms with Gasteiger partial charge in [0.2, 0.25) is 6.10 Å². The number of anilines is 1. The summed E-state index contributed by atoms with van der Waals surface area (Å²) in [6.07, 6.45) is -1.18. The minimum atomic E-state index is -0.759. The number of likely N-dealkylation sites (N-methyl/N-ethyl adjacent to an activating group) is 1. The molecule has 0 aliphatic carbocycles. The summed E-state index contributed by atoms with van der Waals surface area (Å²) in [5.41, 5.74) is 1.86. The van der Waals surface area contributed by atoms with E-state index in [9.17, 15) is 4.79 Å². The molecule has 0 bridgehead atoms. The van der Waals surface area contributed by atoms with Gasteiger partial charge in [0, 0.05) is 13.1 Å². The Balaban J connectivity index is 1.69. The molecule has 2 aromatic carbocycles. The van der Waals surface area contributed by atoms with E-state index in [0.29, 0.717) is 28.2 Å². The summed E-state index contributed by atoms with van der Waals surface area (Å²) in [5.74, 6) is 1.07. The Hall–Kier alpha value is -2.35. The largest absolute Gasteiger partial charge is 0.482 e. The number of benzene rings is 2. The van der Waals surface area contributed by atoms with Crippen molar-refractivity contribution in [3.8, 4) is 11.5 Å². The van der Waals surface area contributed by atoms with Crippen LogP contribution in [0.5, 0.6) is 11.5 Å². The Morgan fingerprint density at radius 2 is 1.78 bits per heavy atom. The van der Waals surface area contributed by atoms with Crippen molar-refractivity contribution in [3.05, 3.63) is 47.0 Å². The van der Waals surface area contributed by atoms with Gasteiger partial charge in [-0.2, -0.15) is 0 Å². The Morgan fingerprint density at radius 3 is 2.44 bits per heavy atom. The molecule has 1 aromatic heterocycles. The number of aryl methyl sites for hydroxylation is 1. The van der Waals surface area contributed by atoms with E-state index in [1.54, 1.807) is 4.90 Å². The van der Waals surface area contributed by atoms with Crippen LogP contribution in [0.4, 0.5) is 5.13 Å². The van der Waals surface area contributed by atoms with Gasteiger partial charge in [-0.25, -0.2) is 4.98 Å². The van der Waals surface area contributed by atoms with E-state index in [4.69, 9.17) is 26.1 Å². The van der Waals surface area contributed by atoms with Gasteiger partial charge < -0.3 is 14.4 Å². The quantitative estimate of drug-likeness (QED) is 0.474. The number of hydrogen-bond acceptors (Lipinski definition) is 6. The number of halogens is 1. The fourth-order valence-electron chi connectivity index (χ4n) is 3.83. The van der Waals surface area contributed by atoms with E-state index < -0.39 is 12.2 Å². The number of ether oxygens (including phenoxy) is 2. The second kappa shape index (κ2) is 9.65. The third-order valence-electron chi connectivity index (χ3n) is 5.80. The molecule has 8 heteroatoms. The van der Waals surface area contributed by atoms with Crippen LogP contribution < -0.4 is 14.4 Å². The molecule has 170 valence electrons. The number of nitrogens with zero attached hydrogens (tertiary/aromatic N) is 3. The number of rotatable bonds is 7. The maximum atomic E-state index is 13.8. The number of thiazole rings is 1. The van der Waals surface area contributed by atoms with Crippen LogP contribution in [0.3, 0.4) is 0 Å². The zero-order chi connectivity index (χ0) is 22.8. The second-order valence-corrected chi connectivity index (χ2v) is 9.25. The number of para-hydroxylation sites is 2. The van der Waals surface area contributed by atoms with Gasteiger partial charge in [-0.15, -0.1) is 0 Å². The van der Waals surface area contributed by atoms with Crippen LogP contribution in [0.1, 0.15) is 26.3 Å². The van der Waals surface area contributed by atoms with Gasteiger partial charge >= 0.3 is 0 Å². The van der Waals surface area contributed by atoms with E-state index in [1.807, 2.05) is 50.2 Å². The molecule has 1 amide bonds. The lowest BCUT2D eigenvalue weighted by atomic mass is 10.1. The van der Waals surface area contributed by atoms with Crippen LogP contribution >= 0.6 is 22.9 Å². The lowest BCUT2D eigenvalue weighted by Gasteiger charge is -2.34. The molecule has 3 aromatic rings. The minimum Gasteiger partial charge on any atom is -0.482 e. The molecule has 4 rings (SSSR count). The third-order valence-corrected chi connectivity index (χ3v) is 7.34. The lowest BCUT2D eigenvalue weighted by molar-refractivity contribution is -0.130. The van der Waals surface area contributed by atoms with Gasteiger partial charge in [-0.3, -0.25) is 9.69 Å². The molecule has 0 saturated heterocycles. The summed E-state index contributed by atoms with van der Waals surface area (Å²) < 4.78 is 13.0. The fourth-order valence-corrected chi connectivity index (χ4v) is 5.18. The first kappa shape index (κ1) is 22.8. The van der Waals surface area contributed by atoms with Crippen LogP contribution in [0, 0.1) is 6.92 Å². The summed E-state index contributed by atoms with van der Waals surface area (Å²) in [5, 5.41) is 1.27. The first-order valence-electron chi connectivity index (χ1n) is 10.9. The van der Waals surface area contributed by atoms with Crippen molar-refractivity contribution in [2.75, 3.05) is 31.1 Å². The maximum Gasteiger partial charge on any atom is 0.273 e. The summed E-state index contributed by atoms with van der Waals surface area (Å²) in [7, 11) is 0. The van der Waals surface area contributed by atoms with Crippen LogP contribution in [-0.4, -0.2) is 54.2 Å². The monoisotopic (exact) mass is 473 g/mol. The van der Waals surface area contributed by atoms with E-state index >= 15 is 0 Å². The molecule has 0 N–H and O–H groups in total. The average molecular weight is 474 g/mol. The smallest absolute Gasteiger partial charge is 0.273 e. The predicted molar refractivity (Wildman–Crippen MR) is 130 cm³/mol. The van der Waals surface area contributed by atoms with Gasteiger partial charge in [-0.1, -0.05) is 55.0 Å². The standard InChI is InChI=1S/C24H28ClN3O3S/c1-5-27(6-2)13-14-28(24-26-20-15(3)11-12-17(25)22(20)32-24)23(29)21-16(4)30-18-9-7-8-10-19(18)31-21/h7-12,16,21H,5-6,13-14H2,1-4H3. The van der Waals surface area contributed by atoms with E-state index in [-0.39, 0.29) is 5.91 Å². The van der Waals surface area contributed by atoms with Gasteiger partial charge in [-0.05, 0) is 50.7 Å². The molecule has 2 heterocycles. The summed E-state index contributed by atoms with van der Waals surface area (Å²) >= 11 is 7.88. The van der Waals surface area contributed by atoms with Crippen LogP contribution in [0.2, 0.25) is 5.02 Å². The van der Waals surface area contributed by atoms with Crippen molar-refractivity contribution < 1.29 is 14.3 Å². The van der Waals surface area contributed by atoms with Gasteiger partial charge in [0.15, 0.2) is 16.6 Å². The first-order chi connectivity index (χ1) is 15.4. The molecule has 0 saturated carbocycles. The van der Waals surface area contributed by atoms with Gasteiger partial charge in [0.1, 0.15) is 6.10 Å². The summed E-state index contributed by atoms with van der Waals surface area (Å²) in [6.45, 7) is 11.2. The Kier molecular flexibility index (Phi) is 6.88.